The summed E-state index contributed by atoms with van der Waals surface area (Å²) in [5.41, 5.74) is 8.01. The van der Waals surface area contributed by atoms with E-state index in [2.05, 4.69) is 15.3 Å². The van der Waals surface area contributed by atoms with Gasteiger partial charge >= 0.3 is 5.97 Å². The molecule has 4 N–H and O–H groups in total. The minimum Gasteiger partial charge on any atom is -0.480 e. The van der Waals surface area contributed by atoms with E-state index >= 15 is 0 Å². The van der Waals surface area contributed by atoms with Gasteiger partial charge in [0.15, 0.2) is 4.87 Å². The quantitative estimate of drug-likeness (QED) is 0.352. The summed E-state index contributed by atoms with van der Waals surface area (Å²) in [5, 5.41) is 11.6. The molecule has 1 amide bonds. The van der Waals surface area contributed by atoms with Crippen molar-refractivity contribution >= 4 is 33.2 Å². The highest BCUT2D eigenvalue weighted by Gasteiger charge is 2.44. The molecule has 1 unspecified atom stereocenters. The summed E-state index contributed by atoms with van der Waals surface area (Å²) in [6, 6.07) is 14.4. The van der Waals surface area contributed by atoms with Crippen LogP contribution in [0.15, 0.2) is 71.9 Å². The number of nitrogens with zero attached hydrogens (tertiary/aromatic N) is 3. The van der Waals surface area contributed by atoms with Gasteiger partial charge in [0.25, 0.3) is 0 Å². The van der Waals surface area contributed by atoms with Gasteiger partial charge in [0.05, 0.1) is 10.6 Å². The predicted molar refractivity (Wildman–Crippen MR) is 136 cm³/mol. The number of hydrogen-bond donors (Lipinski definition) is 3. The van der Waals surface area contributed by atoms with Gasteiger partial charge in [0, 0.05) is 38.0 Å². The van der Waals surface area contributed by atoms with Crippen molar-refractivity contribution in [2.75, 3.05) is 23.8 Å². The molecular weight excluding hydrogens is 482 g/mol. The smallest absolute Gasteiger partial charge is 0.322 e. The first-order valence-electron chi connectivity index (χ1n) is 11.3. The van der Waals surface area contributed by atoms with E-state index in [1.54, 1.807) is 42.3 Å². The summed E-state index contributed by atoms with van der Waals surface area (Å²) in [5.74, 6) is -0.934. The highest BCUT2D eigenvalue weighted by Crippen LogP contribution is 2.34. The Kier molecular flexibility index (Phi) is 8.38. The van der Waals surface area contributed by atoms with Crippen molar-refractivity contribution < 1.29 is 23.1 Å². The molecule has 2 aromatic heterocycles. The van der Waals surface area contributed by atoms with Crippen molar-refractivity contribution in [2.45, 2.75) is 36.0 Å². The second kappa shape index (κ2) is 11.3. The third-order valence-electron chi connectivity index (χ3n) is 5.66. The number of pyridine rings is 2. The predicted octanol–water partition coefficient (Wildman–Crippen LogP) is 2.56. The molecule has 0 fully saturated rings. The number of sulfone groups is 1. The molecule has 11 heteroatoms. The first-order valence-corrected chi connectivity index (χ1v) is 12.8. The molecule has 0 spiro atoms. The van der Waals surface area contributed by atoms with E-state index in [-0.39, 0.29) is 28.7 Å². The van der Waals surface area contributed by atoms with Crippen LogP contribution in [-0.2, 0) is 30.7 Å². The number of aliphatic carboxylic acids is 1. The van der Waals surface area contributed by atoms with Gasteiger partial charge in [-0.2, -0.15) is 0 Å². The van der Waals surface area contributed by atoms with E-state index in [0.717, 1.165) is 6.42 Å². The Morgan fingerprint density at radius 1 is 1.11 bits per heavy atom. The highest BCUT2D eigenvalue weighted by molar-refractivity contribution is 7.92. The zero-order valence-electron chi connectivity index (χ0n) is 20.1. The van der Waals surface area contributed by atoms with Gasteiger partial charge in [-0.1, -0.05) is 25.1 Å². The summed E-state index contributed by atoms with van der Waals surface area (Å²) in [7, 11) is -2.52. The molecule has 0 saturated heterocycles. The molecule has 36 heavy (non-hydrogen) atoms. The van der Waals surface area contributed by atoms with E-state index < -0.39 is 27.2 Å². The number of aromatic nitrogens is 2. The topological polar surface area (TPSA) is 156 Å². The SMILES string of the molecule is CCCC(=O)N(C)c1ccc(CC(N)(c2cccc(NCC(=O)O)n2)S(=O)(=O)c2cccnc2)cc1. The number of carbonyl (C=O) groups is 2. The monoisotopic (exact) mass is 511 g/mol. The number of nitrogens with two attached hydrogens (primary N) is 1. The highest BCUT2D eigenvalue weighted by atomic mass is 32.2. The number of amides is 1. The molecule has 0 bridgehead atoms. The van der Waals surface area contributed by atoms with Crippen molar-refractivity contribution in [3.8, 4) is 0 Å². The molecule has 1 aromatic carbocycles. The third kappa shape index (κ3) is 5.86. The van der Waals surface area contributed by atoms with Gasteiger partial charge in [-0.25, -0.2) is 13.4 Å². The Morgan fingerprint density at radius 2 is 1.83 bits per heavy atom. The molecule has 0 radical (unpaired) electrons. The molecule has 2 heterocycles. The molecule has 3 rings (SSSR count). The molecule has 190 valence electrons. The number of benzene rings is 1. The largest absolute Gasteiger partial charge is 0.480 e. The molecule has 0 aliphatic rings. The van der Waals surface area contributed by atoms with Crippen molar-refractivity contribution in [1.82, 2.24) is 9.97 Å². The number of rotatable bonds is 11. The fourth-order valence-electron chi connectivity index (χ4n) is 3.64. The van der Waals surface area contributed by atoms with Gasteiger partial charge in [-0.3, -0.25) is 14.6 Å². The van der Waals surface area contributed by atoms with Gasteiger partial charge in [0.2, 0.25) is 15.7 Å². The van der Waals surface area contributed by atoms with Crippen LogP contribution in [-0.4, -0.2) is 49.0 Å². The Balaban J connectivity index is 2.03. The molecule has 1 atom stereocenters. The maximum absolute atomic E-state index is 13.8. The summed E-state index contributed by atoms with van der Waals surface area (Å²) in [6.45, 7) is 1.54. The number of carbonyl (C=O) groups excluding carboxylic acids is 1. The van der Waals surface area contributed by atoms with Crippen molar-refractivity contribution in [2.24, 2.45) is 5.73 Å². The molecule has 10 nitrogen and oxygen atoms in total. The van der Waals surface area contributed by atoms with Gasteiger partial charge in [0.1, 0.15) is 12.4 Å². The fourth-order valence-corrected chi connectivity index (χ4v) is 5.26. The summed E-state index contributed by atoms with van der Waals surface area (Å²) >= 11 is 0. The van der Waals surface area contributed by atoms with E-state index in [4.69, 9.17) is 10.8 Å². The standard InChI is InChI=1S/C25H29N5O5S/c1-3-6-23(31)30(2)19-12-10-18(11-13-19)15-25(26,36(34,35)20-7-5-14-27-16-20)21-8-4-9-22(29-21)28-17-24(32)33/h4-5,7-14,16H,3,6,15,17,26H2,1-2H3,(H,28,29)(H,32,33). The Bertz CT molecular complexity index is 1320. The number of carboxylic acid groups (broad SMARTS) is 1. The average molecular weight is 512 g/mol. The minimum absolute atomic E-state index is 0.0209. The number of anilines is 2. The van der Waals surface area contributed by atoms with E-state index in [0.29, 0.717) is 17.7 Å². The van der Waals surface area contributed by atoms with Crippen molar-refractivity contribution in [1.29, 1.82) is 0 Å². The Morgan fingerprint density at radius 3 is 2.44 bits per heavy atom. The lowest BCUT2D eigenvalue weighted by Gasteiger charge is -2.29. The second-order valence-electron chi connectivity index (χ2n) is 8.28. The number of nitrogens with one attached hydrogen (secondary N) is 1. The van der Waals surface area contributed by atoms with E-state index in [1.807, 2.05) is 6.92 Å². The summed E-state index contributed by atoms with van der Waals surface area (Å²) in [4.78, 5) is 30.9. The number of hydrogen-bond acceptors (Lipinski definition) is 8. The Hall–Kier alpha value is -3.83. The maximum Gasteiger partial charge on any atom is 0.322 e. The number of carboxylic acids is 1. The van der Waals surface area contributed by atoms with Crippen LogP contribution in [0.3, 0.4) is 0 Å². The fraction of sp³-hybridized carbons (Fsp3) is 0.280. The molecule has 0 saturated carbocycles. The average Bonchev–Trinajstić information content (AvgIpc) is 2.88. The lowest BCUT2D eigenvalue weighted by molar-refractivity contribution is -0.135. The lowest BCUT2D eigenvalue weighted by atomic mass is 10.0. The molecule has 3 aromatic rings. The van der Waals surface area contributed by atoms with Gasteiger partial charge in [-0.15, -0.1) is 0 Å². The van der Waals surface area contributed by atoms with Gasteiger partial charge in [-0.05, 0) is 48.4 Å². The summed E-state index contributed by atoms with van der Waals surface area (Å²) < 4.78 is 27.6. The van der Waals surface area contributed by atoms with Crippen LogP contribution in [0.4, 0.5) is 11.5 Å². The van der Waals surface area contributed by atoms with Crippen LogP contribution in [0.2, 0.25) is 0 Å². The lowest BCUT2D eigenvalue weighted by Crippen LogP contribution is -2.47. The maximum atomic E-state index is 13.8. The zero-order valence-corrected chi connectivity index (χ0v) is 20.9. The summed E-state index contributed by atoms with van der Waals surface area (Å²) in [6.07, 6.45) is 3.70. The zero-order chi connectivity index (χ0) is 26.3. The molecular formula is C25H29N5O5S. The van der Waals surface area contributed by atoms with Crippen molar-refractivity contribution in [3.63, 3.8) is 0 Å². The molecule has 0 aliphatic carbocycles. The first kappa shape index (κ1) is 26.8. The Labute approximate surface area is 210 Å². The van der Waals surface area contributed by atoms with E-state index in [1.165, 1.54) is 36.7 Å². The van der Waals surface area contributed by atoms with Crippen LogP contribution >= 0.6 is 0 Å². The van der Waals surface area contributed by atoms with Crippen molar-refractivity contribution in [3.05, 3.63) is 78.2 Å². The molecule has 0 aliphatic heterocycles. The van der Waals surface area contributed by atoms with Crippen LogP contribution in [0.5, 0.6) is 0 Å². The van der Waals surface area contributed by atoms with E-state index in [9.17, 15) is 18.0 Å². The normalized spacial score (nSPS) is 13.0. The third-order valence-corrected chi connectivity index (χ3v) is 7.83. The minimum atomic E-state index is -4.20. The van der Waals surface area contributed by atoms with Crippen LogP contribution in [0, 0.1) is 0 Å². The second-order valence-corrected chi connectivity index (χ2v) is 10.5. The first-order chi connectivity index (χ1) is 17.1. The van der Waals surface area contributed by atoms with Crippen LogP contribution < -0.4 is 16.0 Å². The van der Waals surface area contributed by atoms with Crippen LogP contribution in [0.1, 0.15) is 31.0 Å². The van der Waals surface area contributed by atoms with Gasteiger partial charge < -0.3 is 21.1 Å². The van der Waals surface area contributed by atoms with Crippen LogP contribution in [0.25, 0.3) is 0 Å².